The zero-order chi connectivity index (χ0) is 14.7. The maximum atomic E-state index is 5.21. The molecule has 21 heavy (non-hydrogen) atoms. The summed E-state index contributed by atoms with van der Waals surface area (Å²) in [5.41, 5.74) is 3.14. The van der Waals surface area contributed by atoms with Crippen LogP contribution >= 0.6 is 0 Å². The molecule has 0 unspecified atom stereocenters. The largest absolute Gasteiger partial charge is 0.497 e. The normalized spacial score (nSPS) is 11.0. The van der Waals surface area contributed by atoms with Gasteiger partial charge in [-0.15, -0.1) is 0 Å². The van der Waals surface area contributed by atoms with Crippen LogP contribution in [-0.4, -0.2) is 21.6 Å². The number of benzene rings is 1. The third kappa shape index (κ3) is 2.75. The standard InChI is InChI=1S/C17H19N3O/c1-3-5-16-19-15-6-4-11-18-17(15)20(16)12-13-7-9-14(21-2)10-8-13/h4,6-11H,3,5,12H2,1-2H3. The molecule has 0 bridgehead atoms. The van der Waals surface area contributed by atoms with E-state index in [0.717, 1.165) is 42.1 Å². The highest BCUT2D eigenvalue weighted by atomic mass is 16.5. The van der Waals surface area contributed by atoms with E-state index in [9.17, 15) is 0 Å². The molecule has 108 valence electrons. The lowest BCUT2D eigenvalue weighted by molar-refractivity contribution is 0.414. The van der Waals surface area contributed by atoms with Crippen LogP contribution in [0.2, 0.25) is 0 Å². The first kappa shape index (κ1) is 13.6. The van der Waals surface area contributed by atoms with Gasteiger partial charge >= 0.3 is 0 Å². The first-order valence-electron chi connectivity index (χ1n) is 7.25. The van der Waals surface area contributed by atoms with Crippen molar-refractivity contribution in [1.29, 1.82) is 0 Å². The van der Waals surface area contributed by atoms with Crippen molar-refractivity contribution in [2.75, 3.05) is 7.11 Å². The Kier molecular flexibility index (Phi) is 3.86. The Morgan fingerprint density at radius 3 is 2.67 bits per heavy atom. The topological polar surface area (TPSA) is 39.9 Å². The summed E-state index contributed by atoms with van der Waals surface area (Å²) in [7, 11) is 1.68. The van der Waals surface area contributed by atoms with E-state index in [4.69, 9.17) is 9.72 Å². The van der Waals surface area contributed by atoms with Gasteiger partial charge in [0.25, 0.3) is 0 Å². The maximum absolute atomic E-state index is 5.21. The predicted octanol–water partition coefficient (Wildman–Crippen LogP) is 3.44. The molecule has 1 aromatic carbocycles. The lowest BCUT2D eigenvalue weighted by atomic mass is 10.2. The predicted molar refractivity (Wildman–Crippen MR) is 83.6 cm³/mol. The molecule has 0 fully saturated rings. The molecule has 0 atom stereocenters. The molecule has 4 nitrogen and oxygen atoms in total. The number of imidazole rings is 1. The smallest absolute Gasteiger partial charge is 0.160 e. The van der Waals surface area contributed by atoms with Gasteiger partial charge in [-0.25, -0.2) is 9.97 Å². The van der Waals surface area contributed by atoms with Gasteiger partial charge in [-0.1, -0.05) is 19.1 Å². The van der Waals surface area contributed by atoms with E-state index < -0.39 is 0 Å². The van der Waals surface area contributed by atoms with Crippen molar-refractivity contribution in [2.24, 2.45) is 0 Å². The molecule has 2 aromatic heterocycles. The highest BCUT2D eigenvalue weighted by Gasteiger charge is 2.11. The minimum Gasteiger partial charge on any atom is -0.497 e. The van der Waals surface area contributed by atoms with Crippen LogP contribution in [0, 0.1) is 0 Å². The van der Waals surface area contributed by atoms with E-state index in [1.807, 2.05) is 30.5 Å². The number of aromatic nitrogens is 3. The number of rotatable bonds is 5. The van der Waals surface area contributed by atoms with Crippen LogP contribution in [0.3, 0.4) is 0 Å². The number of pyridine rings is 1. The van der Waals surface area contributed by atoms with Crippen molar-refractivity contribution in [3.05, 3.63) is 54.0 Å². The second-order valence-corrected chi connectivity index (χ2v) is 5.06. The number of fused-ring (bicyclic) bond motifs is 1. The highest BCUT2D eigenvalue weighted by molar-refractivity contribution is 5.71. The highest BCUT2D eigenvalue weighted by Crippen LogP contribution is 2.18. The Bertz CT molecular complexity index is 731. The summed E-state index contributed by atoms with van der Waals surface area (Å²) in [6, 6.07) is 12.1. The third-order valence-electron chi connectivity index (χ3n) is 3.56. The van der Waals surface area contributed by atoms with Crippen LogP contribution in [0.1, 0.15) is 24.7 Å². The fraction of sp³-hybridized carbons (Fsp3) is 0.294. The summed E-state index contributed by atoms with van der Waals surface area (Å²) >= 11 is 0. The Balaban J connectivity index is 1.99. The molecule has 2 heterocycles. The molecule has 4 heteroatoms. The van der Waals surface area contributed by atoms with Gasteiger partial charge in [0.15, 0.2) is 5.65 Å². The van der Waals surface area contributed by atoms with E-state index >= 15 is 0 Å². The van der Waals surface area contributed by atoms with E-state index in [-0.39, 0.29) is 0 Å². The lowest BCUT2D eigenvalue weighted by Crippen LogP contribution is -2.05. The van der Waals surface area contributed by atoms with Crippen molar-refractivity contribution >= 4 is 11.2 Å². The third-order valence-corrected chi connectivity index (χ3v) is 3.56. The van der Waals surface area contributed by atoms with Gasteiger partial charge in [-0.05, 0) is 36.2 Å². The summed E-state index contributed by atoms with van der Waals surface area (Å²) in [5.74, 6) is 1.98. The molecule has 0 radical (unpaired) electrons. The summed E-state index contributed by atoms with van der Waals surface area (Å²) in [4.78, 5) is 9.20. The molecule has 0 spiro atoms. The van der Waals surface area contributed by atoms with Crippen LogP contribution < -0.4 is 4.74 Å². The minimum atomic E-state index is 0.785. The SMILES string of the molecule is CCCc1nc2cccnc2n1Cc1ccc(OC)cc1. The van der Waals surface area contributed by atoms with Crippen LogP contribution in [0.15, 0.2) is 42.6 Å². The average Bonchev–Trinajstić information content (AvgIpc) is 2.86. The Morgan fingerprint density at radius 2 is 1.95 bits per heavy atom. The lowest BCUT2D eigenvalue weighted by Gasteiger charge is -2.09. The maximum Gasteiger partial charge on any atom is 0.160 e. The molecule has 0 N–H and O–H groups in total. The quantitative estimate of drug-likeness (QED) is 0.719. The fourth-order valence-corrected chi connectivity index (χ4v) is 2.50. The Labute approximate surface area is 124 Å². The van der Waals surface area contributed by atoms with Crippen molar-refractivity contribution in [2.45, 2.75) is 26.3 Å². The van der Waals surface area contributed by atoms with Gasteiger partial charge < -0.3 is 9.30 Å². The number of nitrogens with zero attached hydrogens (tertiary/aromatic N) is 3. The van der Waals surface area contributed by atoms with Gasteiger partial charge in [0.1, 0.15) is 17.1 Å². The molecule has 0 saturated heterocycles. The second-order valence-electron chi connectivity index (χ2n) is 5.06. The van der Waals surface area contributed by atoms with Gasteiger partial charge in [0.05, 0.1) is 13.7 Å². The monoisotopic (exact) mass is 281 g/mol. The van der Waals surface area contributed by atoms with Crippen molar-refractivity contribution in [3.63, 3.8) is 0 Å². The van der Waals surface area contributed by atoms with Gasteiger partial charge in [-0.2, -0.15) is 0 Å². The first-order chi connectivity index (χ1) is 10.3. The summed E-state index contributed by atoms with van der Waals surface area (Å²) in [5, 5.41) is 0. The first-order valence-corrected chi connectivity index (χ1v) is 7.25. The fourth-order valence-electron chi connectivity index (χ4n) is 2.50. The number of methoxy groups -OCH3 is 1. The number of ether oxygens (including phenoxy) is 1. The van der Waals surface area contributed by atoms with Gasteiger partial charge in [0, 0.05) is 12.6 Å². The summed E-state index contributed by atoms with van der Waals surface area (Å²) in [6.07, 6.45) is 3.86. The van der Waals surface area contributed by atoms with Crippen LogP contribution in [0.4, 0.5) is 0 Å². The van der Waals surface area contributed by atoms with Crippen LogP contribution in [-0.2, 0) is 13.0 Å². The molecule has 3 aromatic rings. The molecular weight excluding hydrogens is 262 g/mol. The number of hydrogen-bond donors (Lipinski definition) is 0. The van der Waals surface area contributed by atoms with Crippen molar-refractivity contribution < 1.29 is 4.74 Å². The summed E-state index contributed by atoms with van der Waals surface area (Å²) < 4.78 is 7.41. The summed E-state index contributed by atoms with van der Waals surface area (Å²) in [6.45, 7) is 2.96. The van der Waals surface area contributed by atoms with E-state index in [2.05, 4.69) is 28.6 Å². The average molecular weight is 281 g/mol. The molecule has 0 aliphatic heterocycles. The van der Waals surface area contributed by atoms with Crippen LogP contribution in [0.5, 0.6) is 5.75 Å². The van der Waals surface area contributed by atoms with Crippen LogP contribution in [0.25, 0.3) is 11.2 Å². The molecule has 0 saturated carbocycles. The second kappa shape index (κ2) is 5.95. The Hall–Kier alpha value is -2.36. The molecule has 0 aliphatic carbocycles. The van der Waals surface area contributed by atoms with E-state index in [1.54, 1.807) is 7.11 Å². The van der Waals surface area contributed by atoms with Crippen molar-refractivity contribution in [1.82, 2.24) is 14.5 Å². The van der Waals surface area contributed by atoms with E-state index in [0.29, 0.717) is 0 Å². The van der Waals surface area contributed by atoms with Gasteiger partial charge in [-0.3, -0.25) is 0 Å². The minimum absolute atomic E-state index is 0.785. The zero-order valence-electron chi connectivity index (χ0n) is 12.4. The molecule has 0 aliphatic rings. The van der Waals surface area contributed by atoms with Crippen molar-refractivity contribution in [3.8, 4) is 5.75 Å². The molecule has 0 amide bonds. The van der Waals surface area contributed by atoms with E-state index in [1.165, 1.54) is 5.56 Å². The molecular formula is C17H19N3O. The Morgan fingerprint density at radius 1 is 1.14 bits per heavy atom. The zero-order valence-corrected chi connectivity index (χ0v) is 12.4. The number of hydrogen-bond acceptors (Lipinski definition) is 3. The molecule has 3 rings (SSSR count). The van der Waals surface area contributed by atoms with Gasteiger partial charge in [0.2, 0.25) is 0 Å². The number of aryl methyl sites for hydroxylation is 1.